The van der Waals surface area contributed by atoms with Gasteiger partial charge in [0.25, 0.3) is 0 Å². The number of carbonyl (C=O) groups is 2. The van der Waals surface area contributed by atoms with Gasteiger partial charge in [-0.2, -0.15) is 26.3 Å². The number of nitrogens with zero attached hydrogens (tertiary/aromatic N) is 1. The van der Waals surface area contributed by atoms with E-state index >= 15 is 0 Å². The molecule has 0 saturated carbocycles. The Morgan fingerprint density at radius 1 is 0.875 bits per heavy atom. The Morgan fingerprint density at radius 3 is 2.04 bits per heavy atom. The number of alkyl halides is 6. The van der Waals surface area contributed by atoms with Crippen molar-refractivity contribution in [2.45, 2.75) is 12.4 Å². The molecule has 2 aromatic rings. The molecule has 2 rings (SSSR count). The van der Waals surface area contributed by atoms with Crippen molar-refractivity contribution in [3.63, 3.8) is 0 Å². The standard InChI is InChI=1S/C13H7F6N3O2/c14-12(15,16)10(23)21-7-4-3-6-2-1-5-20-8(6)9(7)22-11(24)13(17,18)19/h1-5H,(H,21,23)(H,22,24). The predicted molar refractivity (Wildman–Crippen MR) is 71.1 cm³/mol. The van der Waals surface area contributed by atoms with Gasteiger partial charge in [-0.3, -0.25) is 14.6 Å². The Balaban J connectivity index is 2.52. The third kappa shape index (κ3) is 3.73. The number of benzene rings is 1. The molecule has 1 aromatic carbocycles. The fourth-order valence-electron chi connectivity index (χ4n) is 1.75. The molecular formula is C13H7F6N3O2. The van der Waals surface area contributed by atoms with Gasteiger partial charge < -0.3 is 10.6 Å². The molecule has 5 nitrogen and oxygen atoms in total. The van der Waals surface area contributed by atoms with Gasteiger partial charge in [0, 0.05) is 11.6 Å². The smallest absolute Gasteiger partial charge is 0.316 e. The summed E-state index contributed by atoms with van der Waals surface area (Å²) in [6.07, 6.45) is -9.37. The molecule has 0 bridgehead atoms. The SMILES string of the molecule is O=C(Nc1ccc2cccnc2c1NC(=O)C(F)(F)F)C(F)(F)F. The largest absolute Gasteiger partial charge is 0.471 e. The van der Waals surface area contributed by atoms with Crippen LogP contribution in [-0.4, -0.2) is 29.2 Å². The molecule has 0 saturated heterocycles. The molecule has 0 radical (unpaired) electrons. The summed E-state index contributed by atoms with van der Waals surface area (Å²) in [5, 5.41) is 3.11. The highest BCUT2D eigenvalue weighted by atomic mass is 19.4. The van der Waals surface area contributed by atoms with Crippen LogP contribution < -0.4 is 10.6 Å². The van der Waals surface area contributed by atoms with Crippen molar-refractivity contribution >= 4 is 34.1 Å². The lowest BCUT2D eigenvalue weighted by Gasteiger charge is -2.16. The highest BCUT2D eigenvalue weighted by Crippen LogP contribution is 2.32. The minimum Gasteiger partial charge on any atom is -0.316 e. The third-order valence-electron chi connectivity index (χ3n) is 2.78. The van der Waals surface area contributed by atoms with E-state index in [1.807, 2.05) is 0 Å². The number of halogens is 6. The van der Waals surface area contributed by atoms with Gasteiger partial charge in [-0.15, -0.1) is 0 Å². The van der Waals surface area contributed by atoms with Crippen LogP contribution in [0.5, 0.6) is 0 Å². The van der Waals surface area contributed by atoms with Gasteiger partial charge in [-0.25, -0.2) is 0 Å². The van der Waals surface area contributed by atoms with Gasteiger partial charge in [-0.1, -0.05) is 12.1 Å². The Bertz CT molecular complexity index is 800. The van der Waals surface area contributed by atoms with Crippen molar-refractivity contribution in [3.05, 3.63) is 30.5 Å². The number of hydrogen-bond acceptors (Lipinski definition) is 3. The number of rotatable bonds is 2. The van der Waals surface area contributed by atoms with Gasteiger partial charge >= 0.3 is 24.2 Å². The molecule has 0 aliphatic rings. The zero-order chi connectivity index (χ0) is 18.1. The summed E-state index contributed by atoms with van der Waals surface area (Å²) < 4.78 is 74.3. The Kier molecular flexibility index (Phi) is 4.36. The fourth-order valence-corrected chi connectivity index (χ4v) is 1.75. The minimum absolute atomic E-state index is 0.213. The molecule has 24 heavy (non-hydrogen) atoms. The number of amides is 2. The third-order valence-corrected chi connectivity index (χ3v) is 2.78. The molecule has 2 N–H and O–H groups in total. The van der Waals surface area contributed by atoms with Crippen molar-refractivity contribution in [2.24, 2.45) is 0 Å². The predicted octanol–water partition coefficient (Wildman–Crippen LogP) is 3.24. The van der Waals surface area contributed by atoms with Crippen LogP contribution >= 0.6 is 0 Å². The van der Waals surface area contributed by atoms with Gasteiger partial charge in [0.05, 0.1) is 16.9 Å². The summed E-state index contributed by atoms with van der Waals surface area (Å²) in [7, 11) is 0. The summed E-state index contributed by atoms with van der Waals surface area (Å²) in [5.41, 5.74) is -1.57. The lowest BCUT2D eigenvalue weighted by Crippen LogP contribution is -2.32. The summed E-state index contributed by atoms with van der Waals surface area (Å²) in [5.74, 6) is -4.82. The molecule has 0 unspecified atom stereocenters. The highest BCUT2D eigenvalue weighted by Gasteiger charge is 2.41. The number of hydrogen-bond donors (Lipinski definition) is 2. The van der Waals surface area contributed by atoms with E-state index in [4.69, 9.17) is 0 Å². The molecular weight excluding hydrogens is 344 g/mol. The average Bonchev–Trinajstić information content (AvgIpc) is 2.47. The van der Waals surface area contributed by atoms with Crippen LogP contribution in [-0.2, 0) is 9.59 Å². The van der Waals surface area contributed by atoms with Gasteiger partial charge in [0.1, 0.15) is 0 Å². The first-order valence-corrected chi connectivity index (χ1v) is 6.14. The molecule has 0 fully saturated rings. The topological polar surface area (TPSA) is 71.1 Å². The Hall–Kier alpha value is -2.85. The molecule has 0 atom stereocenters. The number of anilines is 2. The maximum atomic E-state index is 12.4. The van der Waals surface area contributed by atoms with E-state index < -0.39 is 35.5 Å². The van der Waals surface area contributed by atoms with Crippen LogP contribution in [0.1, 0.15) is 0 Å². The molecule has 0 aliphatic carbocycles. The molecule has 11 heteroatoms. The maximum Gasteiger partial charge on any atom is 0.471 e. The van der Waals surface area contributed by atoms with Crippen LogP contribution in [0.15, 0.2) is 30.5 Å². The van der Waals surface area contributed by atoms with E-state index in [0.717, 1.165) is 6.07 Å². The average molecular weight is 351 g/mol. The number of pyridine rings is 1. The minimum atomic E-state index is -5.28. The number of aromatic nitrogens is 1. The second-order valence-corrected chi connectivity index (χ2v) is 4.47. The van der Waals surface area contributed by atoms with Gasteiger partial charge in [0.2, 0.25) is 0 Å². The first-order valence-electron chi connectivity index (χ1n) is 6.14. The molecule has 0 aliphatic heterocycles. The molecule has 128 valence electrons. The second-order valence-electron chi connectivity index (χ2n) is 4.47. The lowest BCUT2D eigenvalue weighted by atomic mass is 10.1. The second kappa shape index (κ2) is 5.98. The molecule has 0 spiro atoms. The van der Waals surface area contributed by atoms with Crippen LogP contribution in [0.2, 0.25) is 0 Å². The molecule has 2 amide bonds. The summed E-state index contributed by atoms with van der Waals surface area (Å²) in [6, 6.07) is 5.02. The van der Waals surface area contributed by atoms with E-state index in [0.29, 0.717) is 0 Å². The van der Waals surface area contributed by atoms with E-state index in [9.17, 15) is 35.9 Å². The van der Waals surface area contributed by atoms with Gasteiger partial charge in [0.15, 0.2) is 0 Å². The number of nitrogens with one attached hydrogen (secondary N) is 2. The van der Waals surface area contributed by atoms with Gasteiger partial charge in [-0.05, 0) is 12.1 Å². The van der Waals surface area contributed by atoms with Crippen molar-refractivity contribution in [1.29, 1.82) is 0 Å². The summed E-state index contributed by atoms with van der Waals surface area (Å²) in [4.78, 5) is 25.9. The zero-order valence-electron chi connectivity index (χ0n) is 11.4. The number of carbonyl (C=O) groups excluding carboxylic acids is 2. The molecule has 1 heterocycles. The van der Waals surface area contributed by atoms with Crippen molar-refractivity contribution in [2.75, 3.05) is 10.6 Å². The van der Waals surface area contributed by atoms with Crippen molar-refractivity contribution in [1.82, 2.24) is 4.98 Å². The molecule has 1 aromatic heterocycles. The fraction of sp³-hybridized carbons (Fsp3) is 0.154. The van der Waals surface area contributed by atoms with Crippen molar-refractivity contribution in [3.8, 4) is 0 Å². The Morgan fingerprint density at radius 2 is 1.46 bits per heavy atom. The summed E-state index contributed by atoms with van der Waals surface area (Å²) >= 11 is 0. The normalized spacial score (nSPS) is 12.1. The van der Waals surface area contributed by atoms with Crippen LogP contribution in [0.3, 0.4) is 0 Å². The van der Waals surface area contributed by atoms with Crippen LogP contribution in [0.4, 0.5) is 37.7 Å². The summed E-state index contributed by atoms with van der Waals surface area (Å²) in [6.45, 7) is 0. The van der Waals surface area contributed by atoms with Crippen LogP contribution in [0.25, 0.3) is 10.9 Å². The van der Waals surface area contributed by atoms with E-state index in [-0.39, 0.29) is 10.9 Å². The lowest BCUT2D eigenvalue weighted by molar-refractivity contribution is -0.167. The first-order chi connectivity index (χ1) is 11.0. The van der Waals surface area contributed by atoms with Crippen molar-refractivity contribution < 1.29 is 35.9 Å². The number of fused-ring (bicyclic) bond motifs is 1. The monoisotopic (exact) mass is 351 g/mol. The van der Waals surface area contributed by atoms with E-state index in [1.54, 1.807) is 0 Å². The van der Waals surface area contributed by atoms with Crippen LogP contribution in [0, 0.1) is 0 Å². The highest BCUT2D eigenvalue weighted by molar-refractivity contribution is 6.10. The van der Waals surface area contributed by atoms with E-state index in [1.165, 1.54) is 35.0 Å². The van der Waals surface area contributed by atoms with E-state index in [2.05, 4.69) is 4.98 Å². The first kappa shape index (κ1) is 17.5. The Labute approximate surface area is 129 Å². The zero-order valence-corrected chi connectivity index (χ0v) is 11.4. The quantitative estimate of drug-likeness (QED) is 0.816. The maximum absolute atomic E-state index is 12.4.